The highest BCUT2D eigenvalue weighted by Crippen LogP contribution is 2.28. The summed E-state index contributed by atoms with van der Waals surface area (Å²) in [5.74, 6) is 0.592. The second-order valence-corrected chi connectivity index (χ2v) is 7.39. The largest absolute Gasteiger partial charge is 0.491 e. The smallest absolute Gasteiger partial charge is 0.410 e. The van der Waals surface area contributed by atoms with E-state index in [1.54, 1.807) is 4.90 Å². The van der Waals surface area contributed by atoms with Crippen LogP contribution in [0.1, 0.15) is 36.7 Å². The topological polar surface area (TPSA) is 59.1 Å². The number of carbonyl (C=O) groups is 2. The van der Waals surface area contributed by atoms with Crippen molar-refractivity contribution in [3.8, 4) is 5.75 Å². The first-order chi connectivity index (χ1) is 11.2. The van der Waals surface area contributed by atoms with E-state index in [0.29, 0.717) is 37.6 Å². The molecule has 2 aliphatic heterocycles. The lowest BCUT2D eigenvalue weighted by Crippen LogP contribution is -2.58. The number of amides is 2. The van der Waals surface area contributed by atoms with Crippen molar-refractivity contribution in [3.63, 3.8) is 0 Å². The van der Waals surface area contributed by atoms with Gasteiger partial charge in [0.05, 0.1) is 11.6 Å². The summed E-state index contributed by atoms with van der Waals surface area (Å²) in [6.07, 6.45) is -0.341. The molecule has 0 aromatic heterocycles. The van der Waals surface area contributed by atoms with Gasteiger partial charge in [-0.2, -0.15) is 0 Å². The third kappa shape index (κ3) is 3.32. The molecule has 0 aliphatic carbocycles. The first-order valence-electron chi connectivity index (χ1n) is 8.27. The highest BCUT2D eigenvalue weighted by molar-refractivity contribution is 5.97. The zero-order valence-corrected chi connectivity index (χ0v) is 14.7. The molecule has 2 amide bonds. The highest BCUT2D eigenvalue weighted by atomic mass is 16.6. The molecule has 1 fully saturated rings. The summed E-state index contributed by atoms with van der Waals surface area (Å²) in [5, 5.41) is 0. The van der Waals surface area contributed by atoms with Crippen molar-refractivity contribution in [2.75, 3.05) is 26.2 Å². The Kier molecular flexibility index (Phi) is 4.15. The van der Waals surface area contributed by atoms with E-state index in [1.807, 2.05) is 50.8 Å². The molecule has 1 saturated heterocycles. The molecule has 2 aliphatic rings. The van der Waals surface area contributed by atoms with Gasteiger partial charge in [-0.05, 0) is 45.4 Å². The van der Waals surface area contributed by atoms with E-state index in [2.05, 4.69) is 0 Å². The van der Waals surface area contributed by atoms with Gasteiger partial charge < -0.3 is 19.3 Å². The standard InChI is InChI=1S/C18H24N2O4/c1-12-5-6-14-15(9-12)23-11-13-10-19(7-8-20(13)16(14)21)17(22)24-18(2,3)4/h5-6,9,13H,7-8,10-11H2,1-4H3. The molecule has 24 heavy (non-hydrogen) atoms. The molecule has 6 heteroatoms. The van der Waals surface area contributed by atoms with Gasteiger partial charge in [0.1, 0.15) is 18.0 Å². The number of ether oxygens (including phenoxy) is 2. The molecule has 0 bridgehead atoms. The Hall–Kier alpha value is -2.24. The maximum atomic E-state index is 12.8. The highest BCUT2D eigenvalue weighted by Gasteiger charge is 2.37. The van der Waals surface area contributed by atoms with Gasteiger partial charge in [0, 0.05) is 19.6 Å². The Bertz CT molecular complexity index is 665. The number of hydrogen-bond acceptors (Lipinski definition) is 4. The molecule has 0 radical (unpaired) electrons. The normalized spacial score (nSPS) is 20.7. The molecule has 0 saturated carbocycles. The predicted molar refractivity (Wildman–Crippen MR) is 89.3 cm³/mol. The molecule has 1 aromatic rings. The Morgan fingerprint density at radius 1 is 1.29 bits per heavy atom. The van der Waals surface area contributed by atoms with E-state index in [9.17, 15) is 9.59 Å². The first kappa shape index (κ1) is 16.6. The van der Waals surface area contributed by atoms with Crippen LogP contribution in [0.15, 0.2) is 18.2 Å². The van der Waals surface area contributed by atoms with Gasteiger partial charge in [-0.1, -0.05) is 6.07 Å². The molecule has 130 valence electrons. The van der Waals surface area contributed by atoms with Crippen LogP contribution in [0.4, 0.5) is 4.79 Å². The fourth-order valence-corrected chi connectivity index (χ4v) is 3.02. The number of aryl methyl sites for hydroxylation is 1. The van der Waals surface area contributed by atoms with E-state index in [4.69, 9.17) is 9.47 Å². The summed E-state index contributed by atoms with van der Waals surface area (Å²) in [6, 6.07) is 5.45. The van der Waals surface area contributed by atoms with Crippen LogP contribution in [-0.4, -0.2) is 59.7 Å². The fourth-order valence-electron chi connectivity index (χ4n) is 3.02. The maximum absolute atomic E-state index is 12.8. The molecule has 6 nitrogen and oxygen atoms in total. The number of piperazine rings is 1. The predicted octanol–water partition coefficient (Wildman–Crippen LogP) is 2.45. The van der Waals surface area contributed by atoms with Gasteiger partial charge in [-0.3, -0.25) is 4.79 Å². The van der Waals surface area contributed by atoms with Crippen LogP contribution in [-0.2, 0) is 4.74 Å². The average molecular weight is 332 g/mol. The van der Waals surface area contributed by atoms with Gasteiger partial charge in [0.25, 0.3) is 5.91 Å². The van der Waals surface area contributed by atoms with Crippen LogP contribution in [0.3, 0.4) is 0 Å². The van der Waals surface area contributed by atoms with Crippen molar-refractivity contribution in [2.24, 2.45) is 0 Å². The maximum Gasteiger partial charge on any atom is 0.410 e. The summed E-state index contributed by atoms with van der Waals surface area (Å²) in [5.41, 5.74) is 1.11. The number of hydrogen-bond donors (Lipinski definition) is 0. The molecule has 0 N–H and O–H groups in total. The SMILES string of the molecule is Cc1ccc2c(c1)OCC1CN(C(=O)OC(C)(C)C)CCN1C2=O. The molecule has 1 aromatic carbocycles. The van der Waals surface area contributed by atoms with Crippen LogP contribution < -0.4 is 4.74 Å². The van der Waals surface area contributed by atoms with Crippen LogP contribution >= 0.6 is 0 Å². The van der Waals surface area contributed by atoms with E-state index in [1.165, 1.54) is 0 Å². The minimum absolute atomic E-state index is 0.0312. The third-order valence-corrected chi connectivity index (χ3v) is 4.19. The molecular formula is C18H24N2O4. The number of fused-ring (bicyclic) bond motifs is 2. The van der Waals surface area contributed by atoms with Gasteiger partial charge in [-0.25, -0.2) is 4.79 Å². The minimum atomic E-state index is -0.530. The number of carbonyl (C=O) groups excluding carboxylic acids is 2. The second-order valence-electron chi connectivity index (χ2n) is 7.39. The van der Waals surface area contributed by atoms with E-state index in [0.717, 1.165) is 5.56 Å². The van der Waals surface area contributed by atoms with Crippen LogP contribution in [0, 0.1) is 6.92 Å². The second kappa shape index (κ2) is 6.00. The molecule has 1 unspecified atom stereocenters. The van der Waals surface area contributed by atoms with Crippen molar-refractivity contribution in [3.05, 3.63) is 29.3 Å². The van der Waals surface area contributed by atoms with E-state index >= 15 is 0 Å². The molecule has 3 rings (SSSR count). The quantitative estimate of drug-likeness (QED) is 0.732. The Labute approximate surface area is 142 Å². The average Bonchev–Trinajstić information content (AvgIpc) is 2.63. The summed E-state index contributed by atoms with van der Waals surface area (Å²) in [6.45, 7) is 9.26. The van der Waals surface area contributed by atoms with E-state index < -0.39 is 5.60 Å². The van der Waals surface area contributed by atoms with Gasteiger partial charge >= 0.3 is 6.09 Å². The molecule has 2 heterocycles. The summed E-state index contributed by atoms with van der Waals surface area (Å²) in [4.78, 5) is 28.5. The minimum Gasteiger partial charge on any atom is -0.491 e. The van der Waals surface area contributed by atoms with Crippen LogP contribution in [0.5, 0.6) is 5.75 Å². The Balaban J connectivity index is 1.76. The van der Waals surface area contributed by atoms with Crippen molar-refractivity contribution >= 4 is 12.0 Å². The molecule has 1 atom stereocenters. The first-order valence-corrected chi connectivity index (χ1v) is 8.27. The number of rotatable bonds is 0. The van der Waals surface area contributed by atoms with Crippen LogP contribution in [0.2, 0.25) is 0 Å². The number of benzene rings is 1. The number of nitrogens with zero attached hydrogens (tertiary/aromatic N) is 2. The molecular weight excluding hydrogens is 308 g/mol. The fraction of sp³-hybridized carbons (Fsp3) is 0.556. The van der Waals surface area contributed by atoms with Crippen LogP contribution in [0.25, 0.3) is 0 Å². The Morgan fingerprint density at radius 3 is 2.75 bits per heavy atom. The summed E-state index contributed by atoms with van der Waals surface area (Å²) in [7, 11) is 0. The zero-order valence-electron chi connectivity index (χ0n) is 14.7. The van der Waals surface area contributed by atoms with Crippen molar-refractivity contribution in [1.29, 1.82) is 0 Å². The lowest BCUT2D eigenvalue weighted by atomic mass is 10.1. The monoisotopic (exact) mass is 332 g/mol. The van der Waals surface area contributed by atoms with Crippen molar-refractivity contribution in [2.45, 2.75) is 39.3 Å². The lowest BCUT2D eigenvalue weighted by molar-refractivity contribution is 0.000952. The Morgan fingerprint density at radius 2 is 2.04 bits per heavy atom. The van der Waals surface area contributed by atoms with Gasteiger partial charge in [0.15, 0.2) is 0 Å². The summed E-state index contributed by atoms with van der Waals surface area (Å²) >= 11 is 0. The van der Waals surface area contributed by atoms with E-state index in [-0.39, 0.29) is 18.0 Å². The lowest BCUT2D eigenvalue weighted by Gasteiger charge is -2.40. The molecule has 0 spiro atoms. The third-order valence-electron chi connectivity index (χ3n) is 4.19. The van der Waals surface area contributed by atoms with Crippen molar-refractivity contribution < 1.29 is 19.1 Å². The van der Waals surface area contributed by atoms with Crippen molar-refractivity contribution in [1.82, 2.24) is 9.80 Å². The van der Waals surface area contributed by atoms with Gasteiger partial charge in [0.2, 0.25) is 0 Å². The zero-order chi connectivity index (χ0) is 17.5. The van der Waals surface area contributed by atoms with Gasteiger partial charge in [-0.15, -0.1) is 0 Å². The summed E-state index contributed by atoms with van der Waals surface area (Å²) < 4.78 is 11.3.